The van der Waals surface area contributed by atoms with Gasteiger partial charge in [0.2, 0.25) is 0 Å². The third kappa shape index (κ3) is 6.65. The SMILES string of the molecule is CCCCCCCCn1cc(COc2ccccc2C2C3=C(CC(C)(C)CC3=O)OC3=C2C(=O)CC(C)(C)C3)nn1. The molecule has 0 fully saturated rings. The molecule has 1 aromatic heterocycles. The Hall–Kier alpha value is -3.22. The minimum Gasteiger partial charge on any atom is -0.487 e. The summed E-state index contributed by atoms with van der Waals surface area (Å²) in [5.74, 6) is 1.70. The Bertz CT molecular complexity index is 1310. The Labute approximate surface area is 244 Å². The van der Waals surface area contributed by atoms with E-state index in [1.54, 1.807) is 0 Å². The van der Waals surface area contributed by atoms with Crippen molar-refractivity contribution in [1.29, 1.82) is 0 Å². The van der Waals surface area contributed by atoms with Crippen molar-refractivity contribution in [1.82, 2.24) is 15.0 Å². The molecule has 0 bridgehead atoms. The molecule has 2 heterocycles. The smallest absolute Gasteiger partial charge is 0.163 e. The molecule has 1 aromatic carbocycles. The lowest BCUT2D eigenvalue weighted by Gasteiger charge is -2.43. The first-order valence-corrected chi connectivity index (χ1v) is 15.4. The van der Waals surface area contributed by atoms with E-state index in [2.05, 4.69) is 44.9 Å². The Kier molecular flexibility index (Phi) is 8.53. The number of allylic oxidation sites excluding steroid dienone is 4. The lowest BCUT2D eigenvalue weighted by atomic mass is 9.65. The second kappa shape index (κ2) is 11.9. The van der Waals surface area contributed by atoms with Crippen LogP contribution in [0, 0.1) is 10.8 Å². The van der Waals surface area contributed by atoms with Crippen LogP contribution in [0.5, 0.6) is 5.75 Å². The van der Waals surface area contributed by atoms with Gasteiger partial charge in [-0.05, 0) is 23.3 Å². The van der Waals surface area contributed by atoms with Crippen molar-refractivity contribution in [3.05, 3.63) is 64.4 Å². The van der Waals surface area contributed by atoms with Gasteiger partial charge in [-0.2, -0.15) is 0 Å². The molecule has 1 aliphatic heterocycles. The molecule has 0 radical (unpaired) electrons. The van der Waals surface area contributed by atoms with Crippen molar-refractivity contribution < 1.29 is 19.1 Å². The van der Waals surface area contributed by atoms with Gasteiger partial charge in [-0.3, -0.25) is 14.3 Å². The van der Waals surface area contributed by atoms with E-state index in [0.717, 1.165) is 24.2 Å². The summed E-state index contributed by atoms with van der Waals surface area (Å²) in [5.41, 5.74) is 2.45. The number of aromatic nitrogens is 3. The second-order valence-electron chi connectivity index (χ2n) is 13.7. The molecule has 0 atom stereocenters. The molecule has 7 nitrogen and oxygen atoms in total. The summed E-state index contributed by atoms with van der Waals surface area (Å²) in [6.45, 7) is 11.7. The predicted octanol–water partition coefficient (Wildman–Crippen LogP) is 7.62. The van der Waals surface area contributed by atoms with E-state index in [1.165, 1.54) is 32.1 Å². The standard InChI is InChI=1S/C34H45N3O4/c1-6-7-8-9-10-13-16-37-21-23(35-36-37)22-40-27-15-12-11-14-24(27)30-31-25(38)17-33(2,3)19-28(31)41-29-20-34(4,5)18-26(39)32(29)30/h11-12,14-15,21,30H,6-10,13,16-20,22H2,1-5H3. The number of unbranched alkanes of at least 4 members (excludes halogenated alkanes) is 5. The molecule has 0 N–H and O–H groups in total. The Balaban J connectivity index is 1.39. The van der Waals surface area contributed by atoms with Crippen LogP contribution in [0.25, 0.3) is 0 Å². The van der Waals surface area contributed by atoms with Crippen LogP contribution in [0.15, 0.2) is 53.1 Å². The van der Waals surface area contributed by atoms with E-state index < -0.39 is 5.92 Å². The van der Waals surface area contributed by atoms with Crippen LogP contribution in [0.2, 0.25) is 0 Å². The van der Waals surface area contributed by atoms with E-state index in [0.29, 0.717) is 54.1 Å². The third-order valence-electron chi connectivity index (χ3n) is 8.51. The van der Waals surface area contributed by atoms with Crippen LogP contribution in [-0.2, 0) is 27.5 Å². The molecular weight excluding hydrogens is 514 g/mol. The summed E-state index contributed by atoms with van der Waals surface area (Å²) in [4.78, 5) is 27.3. The van der Waals surface area contributed by atoms with Gasteiger partial charge in [0.1, 0.15) is 29.6 Å². The predicted molar refractivity (Wildman–Crippen MR) is 158 cm³/mol. The highest BCUT2D eigenvalue weighted by molar-refractivity contribution is 6.06. The zero-order valence-corrected chi connectivity index (χ0v) is 25.4. The van der Waals surface area contributed by atoms with Crippen LogP contribution in [0.3, 0.4) is 0 Å². The molecular formula is C34H45N3O4. The maximum Gasteiger partial charge on any atom is 0.163 e. The third-order valence-corrected chi connectivity index (χ3v) is 8.51. The van der Waals surface area contributed by atoms with Crippen molar-refractivity contribution in [2.24, 2.45) is 10.8 Å². The summed E-state index contributed by atoms with van der Waals surface area (Å²) in [6.07, 6.45) is 11.5. The number of benzene rings is 1. The molecule has 0 saturated heterocycles. The molecule has 0 saturated carbocycles. The summed E-state index contributed by atoms with van der Waals surface area (Å²) in [7, 11) is 0. The maximum absolute atomic E-state index is 13.7. The van der Waals surface area contributed by atoms with Gasteiger partial charge < -0.3 is 9.47 Å². The molecule has 0 unspecified atom stereocenters. The van der Waals surface area contributed by atoms with Crippen LogP contribution in [0.1, 0.15) is 116 Å². The van der Waals surface area contributed by atoms with Gasteiger partial charge in [-0.15, -0.1) is 5.10 Å². The number of nitrogens with zero attached hydrogens (tertiary/aromatic N) is 3. The average molecular weight is 560 g/mol. The second-order valence-corrected chi connectivity index (χ2v) is 13.7. The van der Waals surface area contributed by atoms with Crippen LogP contribution >= 0.6 is 0 Å². The van der Waals surface area contributed by atoms with Crippen molar-refractivity contribution in [2.75, 3.05) is 0 Å². The molecule has 7 heteroatoms. The number of ether oxygens (including phenoxy) is 2. The molecule has 0 spiro atoms. The minimum absolute atomic E-state index is 0.0536. The fourth-order valence-corrected chi connectivity index (χ4v) is 6.56. The number of carbonyl (C=O) groups is 2. The van der Waals surface area contributed by atoms with Gasteiger partial charge in [-0.25, -0.2) is 0 Å². The zero-order chi connectivity index (χ0) is 29.2. The van der Waals surface area contributed by atoms with E-state index in [1.807, 2.05) is 35.1 Å². The summed E-state index contributed by atoms with van der Waals surface area (Å²) < 4.78 is 14.7. The van der Waals surface area contributed by atoms with Gasteiger partial charge in [0.25, 0.3) is 0 Å². The van der Waals surface area contributed by atoms with Crippen LogP contribution in [0.4, 0.5) is 0 Å². The molecule has 5 rings (SSSR count). The van der Waals surface area contributed by atoms with Gasteiger partial charge in [0.15, 0.2) is 11.6 Å². The number of para-hydroxylation sites is 1. The molecule has 220 valence electrons. The van der Waals surface area contributed by atoms with Crippen molar-refractivity contribution in [3.63, 3.8) is 0 Å². The van der Waals surface area contributed by atoms with Gasteiger partial charge in [-0.1, -0.05) is 90.1 Å². The monoisotopic (exact) mass is 559 g/mol. The first-order valence-electron chi connectivity index (χ1n) is 15.4. The van der Waals surface area contributed by atoms with Gasteiger partial charge in [0.05, 0.1) is 12.1 Å². The van der Waals surface area contributed by atoms with Crippen molar-refractivity contribution >= 4 is 11.6 Å². The van der Waals surface area contributed by atoms with Gasteiger partial charge in [0, 0.05) is 48.9 Å². The van der Waals surface area contributed by atoms with Crippen LogP contribution in [-0.4, -0.2) is 26.6 Å². The summed E-state index contributed by atoms with van der Waals surface area (Å²) in [5, 5.41) is 8.63. The van der Waals surface area contributed by atoms with E-state index in [4.69, 9.17) is 9.47 Å². The normalized spacial score (nSPS) is 20.1. The summed E-state index contributed by atoms with van der Waals surface area (Å²) in [6, 6.07) is 7.77. The molecule has 2 aromatic rings. The summed E-state index contributed by atoms with van der Waals surface area (Å²) >= 11 is 0. The lowest BCUT2D eigenvalue weighted by Crippen LogP contribution is -2.37. The fraction of sp³-hybridized carbons (Fsp3) is 0.588. The Morgan fingerprint density at radius 3 is 2.15 bits per heavy atom. The number of ketones is 2. The molecule has 2 aliphatic carbocycles. The number of aryl methyl sites for hydroxylation is 1. The van der Waals surface area contributed by atoms with Gasteiger partial charge >= 0.3 is 0 Å². The molecule has 0 amide bonds. The number of rotatable bonds is 11. The van der Waals surface area contributed by atoms with E-state index in [-0.39, 0.29) is 29.0 Å². The highest BCUT2D eigenvalue weighted by atomic mass is 16.5. The Morgan fingerprint density at radius 1 is 0.878 bits per heavy atom. The highest BCUT2D eigenvalue weighted by Crippen LogP contribution is 2.54. The van der Waals surface area contributed by atoms with Crippen molar-refractivity contribution in [2.45, 2.75) is 118 Å². The molecule has 41 heavy (non-hydrogen) atoms. The zero-order valence-electron chi connectivity index (χ0n) is 25.4. The lowest BCUT2D eigenvalue weighted by molar-refractivity contribution is -0.120. The maximum atomic E-state index is 13.7. The minimum atomic E-state index is -0.486. The first kappa shape index (κ1) is 29.3. The average Bonchev–Trinajstić information content (AvgIpc) is 3.34. The largest absolute Gasteiger partial charge is 0.487 e. The highest BCUT2D eigenvalue weighted by Gasteiger charge is 2.48. The van der Waals surface area contributed by atoms with Crippen molar-refractivity contribution in [3.8, 4) is 5.75 Å². The fourth-order valence-electron chi connectivity index (χ4n) is 6.56. The quantitative estimate of drug-likeness (QED) is 0.263. The van der Waals surface area contributed by atoms with E-state index in [9.17, 15) is 9.59 Å². The van der Waals surface area contributed by atoms with Crippen LogP contribution < -0.4 is 4.74 Å². The first-order chi connectivity index (χ1) is 19.6. The Morgan fingerprint density at radius 2 is 1.49 bits per heavy atom. The number of Topliss-reactive ketones (excluding diaryl/α,β-unsaturated/α-hetero) is 2. The number of hydrogen-bond donors (Lipinski definition) is 0. The topological polar surface area (TPSA) is 83.3 Å². The van der Waals surface area contributed by atoms with E-state index >= 15 is 0 Å². The molecule has 3 aliphatic rings. The number of carbonyl (C=O) groups excluding carboxylic acids is 2. The number of hydrogen-bond acceptors (Lipinski definition) is 6.